The third-order valence-electron chi connectivity index (χ3n) is 3.83. The summed E-state index contributed by atoms with van der Waals surface area (Å²) in [5.74, 6) is -0.460. The van der Waals surface area contributed by atoms with Gasteiger partial charge in [0.1, 0.15) is 0 Å². The molecule has 2 atom stereocenters. The van der Waals surface area contributed by atoms with Gasteiger partial charge in [0.05, 0.1) is 28.3 Å². The number of nitrogens with zero attached hydrogens (tertiary/aromatic N) is 1. The van der Waals surface area contributed by atoms with Crippen LogP contribution >= 0.6 is 23.0 Å². The van der Waals surface area contributed by atoms with Crippen molar-refractivity contribution in [1.82, 2.24) is 4.90 Å². The second-order valence-corrected chi connectivity index (χ2v) is 14.7. The summed E-state index contributed by atoms with van der Waals surface area (Å²) in [7, 11) is -8.07. The Kier molecular flexibility index (Phi) is 5.18. The fourth-order valence-electron chi connectivity index (χ4n) is 2.44. The van der Waals surface area contributed by atoms with Crippen molar-refractivity contribution in [3.63, 3.8) is 0 Å². The zero-order valence-electron chi connectivity index (χ0n) is 11.8. The lowest BCUT2D eigenvalue weighted by atomic mass is 10.2. The van der Waals surface area contributed by atoms with Gasteiger partial charge in [-0.2, -0.15) is 0 Å². The fraction of sp³-hybridized carbons (Fsp3) is 0.900. The Balaban J connectivity index is 2.02. The van der Waals surface area contributed by atoms with Gasteiger partial charge >= 0.3 is 0 Å². The molecule has 0 unspecified atom stereocenters. The molecule has 2 aliphatic rings. The summed E-state index contributed by atoms with van der Waals surface area (Å²) in [5.41, 5.74) is 0. The van der Waals surface area contributed by atoms with Crippen LogP contribution in [0.1, 0.15) is 12.8 Å². The van der Waals surface area contributed by atoms with Gasteiger partial charge in [0, 0.05) is 23.9 Å². The van der Waals surface area contributed by atoms with E-state index < -0.39 is 33.8 Å². The first-order valence-electron chi connectivity index (χ1n) is 6.53. The van der Waals surface area contributed by atoms with Gasteiger partial charge in [0.15, 0.2) is 24.0 Å². The van der Waals surface area contributed by atoms with Crippen LogP contribution in [0.2, 0.25) is 0 Å². The van der Waals surface area contributed by atoms with Crippen molar-refractivity contribution in [2.45, 2.75) is 24.1 Å². The highest BCUT2D eigenvalue weighted by Crippen LogP contribution is 2.30. The molecule has 0 aromatic heterocycles. The molecule has 0 N–H and O–H groups in total. The Morgan fingerprint density at radius 2 is 1.64 bits per heavy atom. The van der Waals surface area contributed by atoms with E-state index in [1.165, 1.54) is 4.90 Å². The van der Waals surface area contributed by atoms with Crippen LogP contribution in [-0.2, 0) is 28.5 Å². The first-order valence-corrected chi connectivity index (χ1v) is 13.5. The molecule has 7 nitrogen and oxygen atoms in total. The standard InChI is InChI=1S/C10H17NO6S5/c1-11(8-2-4-20(12,13)6-8)10(18)19-22(16,17)9-3-5-21(14,15)7-9/h8-9H,2-7H2,1H3/t8-,9+/m0/s1. The van der Waals surface area contributed by atoms with Crippen LogP contribution in [0, 0.1) is 0 Å². The molecule has 0 aromatic carbocycles. The lowest BCUT2D eigenvalue weighted by molar-refractivity contribution is 0.409. The van der Waals surface area contributed by atoms with Gasteiger partial charge in [-0.1, -0.05) is 12.2 Å². The lowest BCUT2D eigenvalue weighted by Gasteiger charge is -2.25. The molecular weight excluding hydrogens is 390 g/mol. The maximum absolute atomic E-state index is 12.2. The molecule has 2 rings (SSSR count). The molecule has 0 saturated carbocycles. The minimum absolute atomic E-state index is 0.0396. The van der Waals surface area contributed by atoms with E-state index in [4.69, 9.17) is 12.2 Å². The quantitative estimate of drug-likeness (QED) is 0.458. The van der Waals surface area contributed by atoms with Crippen LogP contribution < -0.4 is 0 Å². The molecule has 0 aromatic rings. The average molecular weight is 408 g/mol. The fourth-order valence-corrected chi connectivity index (χ4v) is 11.4. The Morgan fingerprint density at radius 1 is 1.09 bits per heavy atom. The van der Waals surface area contributed by atoms with Gasteiger partial charge < -0.3 is 4.90 Å². The predicted octanol–water partition coefficient (Wildman–Crippen LogP) is -0.360. The summed E-state index contributed by atoms with van der Waals surface area (Å²) in [6.07, 6.45) is 0.499. The number of sulfone groups is 2. The summed E-state index contributed by atoms with van der Waals surface area (Å²) < 4.78 is 70.3. The number of thiocarbonyl (C=S) groups is 1. The zero-order chi connectivity index (χ0) is 16.8. The molecular formula is C10H17NO6S5. The van der Waals surface area contributed by atoms with Crippen LogP contribution in [0.4, 0.5) is 0 Å². The van der Waals surface area contributed by atoms with Crippen LogP contribution in [0.5, 0.6) is 0 Å². The monoisotopic (exact) mass is 407 g/mol. The smallest absolute Gasteiger partial charge is 0.212 e. The number of hydrogen-bond acceptors (Lipinski definition) is 8. The van der Waals surface area contributed by atoms with Gasteiger partial charge in [0.2, 0.25) is 8.87 Å². The van der Waals surface area contributed by atoms with E-state index in [1.807, 2.05) is 0 Å². The van der Waals surface area contributed by atoms with Crippen molar-refractivity contribution in [1.29, 1.82) is 0 Å². The Bertz CT molecular complexity index is 769. The molecule has 0 amide bonds. The third-order valence-corrected chi connectivity index (χ3v) is 12.3. The van der Waals surface area contributed by atoms with Crippen LogP contribution in [0.3, 0.4) is 0 Å². The zero-order valence-corrected chi connectivity index (χ0v) is 15.9. The molecule has 2 aliphatic heterocycles. The maximum Gasteiger partial charge on any atom is 0.212 e. The molecule has 128 valence electrons. The third kappa shape index (κ3) is 4.34. The highest BCUT2D eigenvalue weighted by molar-refractivity contribution is 8.79. The van der Waals surface area contributed by atoms with E-state index in [0.29, 0.717) is 17.2 Å². The van der Waals surface area contributed by atoms with Gasteiger partial charge in [-0.3, -0.25) is 0 Å². The Hall–Kier alpha value is 0.0900. The van der Waals surface area contributed by atoms with Crippen molar-refractivity contribution in [3.8, 4) is 0 Å². The first kappa shape index (κ1) is 18.4. The second kappa shape index (κ2) is 6.19. The minimum Gasteiger partial charge on any atom is -0.356 e. The molecule has 2 heterocycles. The second-order valence-electron chi connectivity index (χ2n) is 5.53. The van der Waals surface area contributed by atoms with E-state index in [1.54, 1.807) is 7.05 Å². The highest BCUT2D eigenvalue weighted by atomic mass is 33.1. The van der Waals surface area contributed by atoms with Crippen LogP contribution in [-0.4, -0.2) is 75.8 Å². The normalized spacial score (nSPS) is 30.2. The first-order chi connectivity index (χ1) is 9.92. The predicted molar refractivity (Wildman–Crippen MR) is 91.0 cm³/mol. The molecule has 22 heavy (non-hydrogen) atoms. The minimum atomic E-state index is -3.73. The van der Waals surface area contributed by atoms with E-state index in [9.17, 15) is 25.3 Å². The molecule has 0 bridgehead atoms. The Labute approximate surface area is 140 Å². The number of hydrogen-bond donors (Lipinski definition) is 0. The van der Waals surface area contributed by atoms with Gasteiger partial charge in [0.25, 0.3) is 0 Å². The summed E-state index contributed by atoms with van der Waals surface area (Å²) in [4.78, 5) is 1.49. The van der Waals surface area contributed by atoms with Crippen molar-refractivity contribution in [2.24, 2.45) is 0 Å². The van der Waals surface area contributed by atoms with Gasteiger partial charge in [-0.05, 0) is 12.8 Å². The molecule has 2 saturated heterocycles. The largest absolute Gasteiger partial charge is 0.356 e. The summed E-state index contributed by atoms with van der Waals surface area (Å²) >= 11 is 5.09. The SMILES string of the molecule is CN(C(=S)SS(=O)(=O)[C@@H]1CCS(=O)(=O)C1)[C@H]1CCS(=O)(=O)C1. The summed E-state index contributed by atoms with van der Waals surface area (Å²) in [5, 5.41) is -0.943. The van der Waals surface area contributed by atoms with Gasteiger partial charge in [-0.25, -0.2) is 25.3 Å². The molecule has 0 aliphatic carbocycles. The van der Waals surface area contributed by atoms with E-state index in [-0.39, 0.29) is 39.8 Å². The molecule has 2 fully saturated rings. The number of rotatable bonds is 3. The van der Waals surface area contributed by atoms with Crippen LogP contribution in [0.15, 0.2) is 0 Å². The maximum atomic E-state index is 12.2. The van der Waals surface area contributed by atoms with Gasteiger partial charge in [-0.15, -0.1) is 0 Å². The lowest BCUT2D eigenvalue weighted by Crippen LogP contribution is -2.36. The summed E-state index contributed by atoms with van der Waals surface area (Å²) in [6.45, 7) is 0. The summed E-state index contributed by atoms with van der Waals surface area (Å²) in [6, 6.07) is -0.326. The van der Waals surface area contributed by atoms with E-state index >= 15 is 0 Å². The van der Waals surface area contributed by atoms with E-state index in [0.717, 1.165) is 0 Å². The molecule has 0 spiro atoms. The van der Waals surface area contributed by atoms with Crippen molar-refractivity contribution in [3.05, 3.63) is 0 Å². The molecule has 12 heteroatoms. The van der Waals surface area contributed by atoms with Crippen molar-refractivity contribution in [2.75, 3.05) is 30.1 Å². The van der Waals surface area contributed by atoms with Crippen molar-refractivity contribution < 1.29 is 25.3 Å². The Morgan fingerprint density at radius 3 is 2.09 bits per heavy atom. The van der Waals surface area contributed by atoms with Crippen molar-refractivity contribution >= 4 is 55.9 Å². The highest BCUT2D eigenvalue weighted by Gasteiger charge is 2.39. The molecule has 0 radical (unpaired) electrons. The van der Waals surface area contributed by atoms with E-state index in [2.05, 4.69) is 0 Å². The topological polar surface area (TPSA) is 106 Å². The van der Waals surface area contributed by atoms with Crippen LogP contribution in [0.25, 0.3) is 0 Å². The average Bonchev–Trinajstić information content (AvgIpc) is 2.90.